The van der Waals surface area contributed by atoms with Crippen molar-refractivity contribution >= 4 is 49.9 Å². The fourth-order valence-electron chi connectivity index (χ4n) is 7.68. The molecule has 268 valence electrons. The van der Waals surface area contributed by atoms with Crippen molar-refractivity contribution in [2.24, 2.45) is 0 Å². The van der Waals surface area contributed by atoms with Crippen molar-refractivity contribution in [2.75, 3.05) is 4.90 Å². The Kier molecular flexibility index (Phi) is 9.07. The second kappa shape index (κ2) is 13.9. The van der Waals surface area contributed by atoms with Gasteiger partial charge in [-0.25, -0.2) is 14.1 Å². The molecule has 9 aromatic rings. The van der Waals surface area contributed by atoms with E-state index in [-0.39, 0.29) is 26.6 Å². The van der Waals surface area contributed by atoms with Crippen LogP contribution in [0, 0.1) is 26.0 Å². The molecule has 0 unspecified atom stereocenters. The molecule has 9 rings (SSSR count). The first kappa shape index (κ1) is 35.3. The standard InChI is InChI=1S/C48H40N5.Pt/c1-33-15-13-16-34(2)47(33)52(38-20-14-19-37(30-38)50-32-51(48(3,4)5)44-24-12-11-23-43(44)50)39-25-26-41-40-21-9-10-22-42(40)53(45(41)31-39)46-29-36(27-28-49-46)35-17-7-6-8-18-35;/h6-29,32H,1-5H3;/q-1;. The summed E-state index contributed by atoms with van der Waals surface area (Å²) in [6, 6.07) is 57.0. The van der Waals surface area contributed by atoms with E-state index in [1.165, 1.54) is 16.6 Å². The van der Waals surface area contributed by atoms with Crippen molar-refractivity contribution in [2.45, 2.75) is 40.2 Å². The van der Waals surface area contributed by atoms with Crippen LogP contribution >= 0.6 is 0 Å². The summed E-state index contributed by atoms with van der Waals surface area (Å²) >= 11 is 0. The Labute approximate surface area is 331 Å². The van der Waals surface area contributed by atoms with Gasteiger partial charge in [-0.15, -0.1) is 29.7 Å². The van der Waals surface area contributed by atoms with E-state index >= 15 is 0 Å². The van der Waals surface area contributed by atoms with E-state index in [4.69, 9.17) is 4.98 Å². The molecule has 0 atom stereocenters. The zero-order valence-electron chi connectivity index (χ0n) is 31.0. The zero-order chi connectivity index (χ0) is 36.3. The third-order valence-electron chi connectivity index (χ3n) is 10.2. The van der Waals surface area contributed by atoms with Crippen molar-refractivity contribution in [1.29, 1.82) is 0 Å². The summed E-state index contributed by atoms with van der Waals surface area (Å²) in [4.78, 5) is 7.25. The SMILES string of the molecule is Cc1cccc(C)c1N(c1[c-]c(-n2[cH+]n(C(C)(C)C)c3ccccc32)ccc1)c1[c-]c2c(cc1)c1ccccc1n2-c1cc(-c2ccccc2)ccn1.[Pt]. The van der Waals surface area contributed by atoms with E-state index in [0.717, 1.165) is 67.0 Å². The van der Waals surface area contributed by atoms with Gasteiger partial charge in [0.2, 0.25) is 0 Å². The van der Waals surface area contributed by atoms with Gasteiger partial charge in [-0.2, -0.15) is 12.1 Å². The molecule has 0 saturated heterocycles. The second-order valence-corrected chi connectivity index (χ2v) is 14.7. The van der Waals surface area contributed by atoms with Crippen molar-refractivity contribution < 1.29 is 21.1 Å². The molecule has 0 spiro atoms. The Hall–Kier alpha value is -5.77. The number of hydrogen-bond acceptors (Lipinski definition) is 2. The summed E-state index contributed by atoms with van der Waals surface area (Å²) in [7, 11) is 0. The molecule has 3 aromatic heterocycles. The summed E-state index contributed by atoms with van der Waals surface area (Å²) in [6.07, 6.45) is 4.11. The maximum atomic E-state index is 4.93. The summed E-state index contributed by atoms with van der Waals surface area (Å²) in [5.41, 5.74) is 12.8. The van der Waals surface area contributed by atoms with Crippen LogP contribution in [-0.2, 0) is 26.6 Å². The van der Waals surface area contributed by atoms with Gasteiger partial charge in [0.25, 0.3) is 0 Å². The number of hydrogen-bond donors (Lipinski definition) is 0. The molecule has 6 heteroatoms. The molecule has 6 aromatic carbocycles. The minimum Gasteiger partial charge on any atom is -0.357 e. The number of pyridine rings is 1. The van der Waals surface area contributed by atoms with E-state index < -0.39 is 0 Å². The smallest absolute Gasteiger partial charge is 0.188 e. The molecule has 0 bridgehead atoms. The Morgan fingerprint density at radius 2 is 1.28 bits per heavy atom. The first-order chi connectivity index (χ1) is 25.8. The van der Waals surface area contributed by atoms with Gasteiger partial charge in [0.05, 0.1) is 5.54 Å². The molecule has 0 saturated carbocycles. The van der Waals surface area contributed by atoms with Crippen LogP contribution in [0.4, 0.5) is 17.1 Å². The minimum atomic E-state index is -0.0922. The Bertz CT molecular complexity index is 2790. The Morgan fingerprint density at radius 3 is 2.04 bits per heavy atom. The molecule has 0 aliphatic carbocycles. The number of imidazole rings is 1. The maximum absolute atomic E-state index is 4.93. The van der Waals surface area contributed by atoms with Gasteiger partial charge in [-0.3, -0.25) is 0 Å². The van der Waals surface area contributed by atoms with E-state index in [2.05, 4.69) is 205 Å². The van der Waals surface area contributed by atoms with Crippen LogP contribution in [0.3, 0.4) is 0 Å². The topological polar surface area (TPSA) is 30.9 Å². The number of nitrogens with zero attached hydrogens (tertiary/aromatic N) is 5. The first-order valence-electron chi connectivity index (χ1n) is 18.1. The van der Waals surface area contributed by atoms with Crippen LogP contribution in [0.5, 0.6) is 0 Å². The molecule has 0 radical (unpaired) electrons. The number of rotatable bonds is 6. The van der Waals surface area contributed by atoms with Crippen LogP contribution in [0.2, 0.25) is 0 Å². The van der Waals surface area contributed by atoms with Gasteiger partial charge in [0.15, 0.2) is 17.4 Å². The molecule has 0 aliphatic rings. The van der Waals surface area contributed by atoms with E-state index in [1.807, 2.05) is 12.3 Å². The van der Waals surface area contributed by atoms with E-state index in [1.54, 1.807) is 0 Å². The Balaban J connectivity index is 0.00000413. The van der Waals surface area contributed by atoms with Gasteiger partial charge in [-0.05, 0) is 92.6 Å². The molecule has 54 heavy (non-hydrogen) atoms. The summed E-state index contributed by atoms with van der Waals surface area (Å²) in [6.45, 7) is 11.1. The third kappa shape index (κ3) is 6.03. The largest absolute Gasteiger partial charge is 0.357 e. The summed E-state index contributed by atoms with van der Waals surface area (Å²) in [5, 5.41) is 2.29. The van der Waals surface area contributed by atoms with Crippen LogP contribution in [0.1, 0.15) is 31.9 Å². The molecule has 0 amide bonds. The van der Waals surface area contributed by atoms with Crippen LogP contribution < -0.4 is 4.90 Å². The average molecular weight is 882 g/mol. The number of anilines is 3. The second-order valence-electron chi connectivity index (χ2n) is 14.7. The predicted molar refractivity (Wildman–Crippen MR) is 220 cm³/mol. The van der Waals surface area contributed by atoms with E-state index in [9.17, 15) is 0 Å². The monoisotopic (exact) mass is 881 g/mol. The van der Waals surface area contributed by atoms with E-state index in [0.29, 0.717) is 0 Å². The molecule has 0 fully saturated rings. The molecule has 0 N–H and O–H groups in total. The quantitative estimate of drug-likeness (QED) is 0.156. The summed E-state index contributed by atoms with van der Waals surface area (Å²) < 4.78 is 6.84. The number of para-hydroxylation sites is 4. The molecule has 3 heterocycles. The van der Waals surface area contributed by atoms with Crippen molar-refractivity contribution in [1.82, 2.24) is 18.7 Å². The van der Waals surface area contributed by atoms with Crippen LogP contribution in [0.15, 0.2) is 152 Å². The normalized spacial score (nSPS) is 11.6. The Morgan fingerprint density at radius 1 is 0.611 bits per heavy atom. The van der Waals surface area contributed by atoms with Gasteiger partial charge in [0.1, 0.15) is 5.82 Å². The number of aryl methyl sites for hydroxylation is 2. The van der Waals surface area contributed by atoms with Gasteiger partial charge < -0.3 is 9.47 Å². The molecule has 5 nitrogen and oxygen atoms in total. The van der Waals surface area contributed by atoms with Crippen LogP contribution in [-0.4, -0.2) is 18.7 Å². The molecular formula is C48H40N5Pt-. The molecular weight excluding hydrogens is 842 g/mol. The average Bonchev–Trinajstić information content (AvgIpc) is 3.73. The molecule has 0 aliphatic heterocycles. The minimum absolute atomic E-state index is 0. The fraction of sp³-hybridized carbons (Fsp3) is 0.125. The number of benzene rings is 6. The fourth-order valence-corrected chi connectivity index (χ4v) is 7.68. The van der Waals surface area contributed by atoms with Gasteiger partial charge >= 0.3 is 0 Å². The van der Waals surface area contributed by atoms with Gasteiger partial charge in [0, 0.05) is 56.3 Å². The zero-order valence-corrected chi connectivity index (χ0v) is 33.3. The van der Waals surface area contributed by atoms with Crippen LogP contribution in [0.25, 0.3) is 55.5 Å². The van der Waals surface area contributed by atoms with Crippen molar-refractivity contribution in [3.8, 4) is 22.6 Å². The maximum Gasteiger partial charge on any atom is 0.188 e. The summed E-state index contributed by atoms with van der Waals surface area (Å²) in [5.74, 6) is 0.852. The first-order valence-corrected chi connectivity index (χ1v) is 18.1. The number of fused-ring (bicyclic) bond motifs is 4. The van der Waals surface area contributed by atoms with Gasteiger partial charge in [-0.1, -0.05) is 89.7 Å². The van der Waals surface area contributed by atoms with Crippen molar-refractivity contribution in [3.63, 3.8) is 0 Å². The number of aromatic nitrogens is 4. The predicted octanol–water partition coefficient (Wildman–Crippen LogP) is 12.3. The third-order valence-corrected chi connectivity index (χ3v) is 10.2. The van der Waals surface area contributed by atoms with Crippen molar-refractivity contribution in [3.05, 3.63) is 175 Å².